The van der Waals surface area contributed by atoms with Crippen molar-refractivity contribution < 1.29 is 8.78 Å². The van der Waals surface area contributed by atoms with Crippen LogP contribution in [0.1, 0.15) is 66.7 Å². The number of unbranched alkanes of at least 4 members (excludes halogenated alkanes) is 1. The van der Waals surface area contributed by atoms with Crippen LogP contribution in [0.3, 0.4) is 0 Å². The van der Waals surface area contributed by atoms with E-state index in [0.29, 0.717) is 17.0 Å². The van der Waals surface area contributed by atoms with E-state index in [0.717, 1.165) is 50.5 Å². The van der Waals surface area contributed by atoms with Crippen LogP contribution in [-0.2, 0) is 6.42 Å². The molecule has 0 aliphatic heterocycles. The van der Waals surface area contributed by atoms with Gasteiger partial charge >= 0.3 is 0 Å². The summed E-state index contributed by atoms with van der Waals surface area (Å²) in [5, 5.41) is 0. The maximum absolute atomic E-state index is 14.4. The Morgan fingerprint density at radius 1 is 0.829 bits per heavy atom. The zero-order valence-electron chi connectivity index (χ0n) is 20.6. The Labute approximate surface area is 208 Å². The molecule has 0 amide bonds. The van der Waals surface area contributed by atoms with Crippen molar-refractivity contribution in [3.05, 3.63) is 125 Å². The third kappa shape index (κ3) is 6.25. The molecule has 0 bridgehead atoms. The fourth-order valence-electron chi connectivity index (χ4n) is 4.79. The molecule has 35 heavy (non-hydrogen) atoms. The van der Waals surface area contributed by atoms with Gasteiger partial charge in [0.1, 0.15) is 0 Å². The van der Waals surface area contributed by atoms with E-state index in [4.69, 9.17) is 0 Å². The summed E-state index contributed by atoms with van der Waals surface area (Å²) < 4.78 is 28.4. The minimum atomic E-state index is -0.731. The first kappa shape index (κ1) is 24.9. The van der Waals surface area contributed by atoms with Gasteiger partial charge in [-0.05, 0) is 91.2 Å². The van der Waals surface area contributed by atoms with Crippen LogP contribution in [-0.4, -0.2) is 0 Å². The van der Waals surface area contributed by atoms with Gasteiger partial charge in [-0.25, -0.2) is 8.78 Å². The number of rotatable bonds is 9. The fourth-order valence-corrected chi connectivity index (χ4v) is 4.79. The second-order valence-electron chi connectivity index (χ2n) is 9.45. The highest BCUT2D eigenvalue weighted by Gasteiger charge is 2.20. The van der Waals surface area contributed by atoms with Crippen molar-refractivity contribution in [1.29, 1.82) is 0 Å². The number of benzene rings is 3. The number of halogens is 2. The van der Waals surface area contributed by atoms with Gasteiger partial charge in [-0.1, -0.05) is 85.0 Å². The number of aryl methyl sites for hydroxylation is 2. The number of hydrogen-bond donors (Lipinski definition) is 0. The smallest absolute Gasteiger partial charge is 0.166 e. The normalized spacial score (nSPS) is 15.9. The monoisotopic (exact) mass is 468 g/mol. The molecule has 3 aromatic rings. The first-order valence-corrected chi connectivity index (χ1v) is 12.7. The van der Waals surface area contributed by atoms with Gasteiger partial charge in [0.05, 0.1) is 0 Å². The third-order valence-corrected chi connectivity index (χ3v) is 7.01. The molecule has 0 heterocycles. The summed E-state index contributed by atoms with van der Waals surface area (Å²) in [5.74, 6) is -1.04. The standard InChI is InChI=1S/C33H34F2/c1-3-4-5-6-7-8-9-25-11-13-26(14-12-25)27-15-17-28(18-16-27)29-19-21-30(22-20-29)31-23-10-24(2)32(34)33(31)35/h3,6-7,10-18,21,23,29H,1,4-5,8-9,19-20,22H2,2H3/b7-6+. The molecular formula is C33H34F2. The summed E-state index contributed by atoms with van der Waals surface area (Å²) in [6.45, 7) is 5.34. The Balaban J connectivity index is 1.35. The average molecular weight is 469 g/mol. The molecule has 1 aliphatic rings. The Morgan fingerprint density at radius 3 is 2.17 bits per heavy atom. The maximum Gasteiger partial charge on any atom is 0.166 e. The zero-order chi connectivity index (χ0) is 24.6. The summed E-state index contributed by atoms with van der Waals surface area (Å²) in [7, 11) is 0. The van der Waals surface area contributed by atoms with Crippen LogP contribution in [0.25, 0.3) is 16.7 Å². The minimum Gasteiger partial charge on any atom is -0.203 e. The fraction of sp³-hybridized carbons (Fsp3) is 0.273. The molecule has 0 saturated carbocycles. The Bertz CT molecular complexity index is 1200. The van der Waals surface area contributed by atoms with E-state index in [1.807, 2.05) is 6.08 Å². The van der Waals surface area contributed by atoms with Gasteiger partial charge in [-0.2, -0.15) is 0 Å². The van der Waals surface area contributed by atoms with Crippen LogP contribution in [0.4, 0.5) is 8.78 Å². The van der Waals surface area contributed by atoms with Crippen molar-refractivity contribution in [1.82, 2.24) is 0 Å². The number of allylic oxidation sites excluding steroid dienone is 5. The molecule has 0 N–H and O–H groups in total. The molecule has 180 valence electrons. The molecule has 0 radical (unpaired) electrons. The first-order valence-electron chi connectivity index (χ1n) is 12.7. The van der Waals surface area contributed by atoms with Gasteiger partial charge in [-0.3, -0.25) is 0 Å². The van der Waals surface area contributed by atoms with Crippen LogP contribution >= 0.6 is 0 Å². The summed E-state index contributed by atoms with van der Waals surface area (Å²) in [6.07, 6.45) is 15.3. The van der Waals surface area contributed by atoms with Crippen LogP contribution in [0.2, 0.25) is 0 Å². The first-order chi connectivity index (χ1) is 17.1. The Hall–Kier alpha value is -3.26. The van der Waals surface area contributed by atoms with Crippen molar-refractivity contribution in [3.8, 4) is 11.1 Å². The zero-order valence-corrected chi connectivity index (χ0v) is 20.6. The van der Waals surface area contributed by atoms with Crippen LogP contribution in [0.15, 0.2) is 91.5 Å². The summed E-state index contributed by atoms with van der Waals surface area (Å²) in [6, 6.07) is 21.0. The molecule has 0 spiro atoms. The van der Waals surface area contributed by atoms with Crippen molar-refractivity contribution >= 4 is 5.57 Å². The van der Waals surface area contributed by atoms with Gasteiger partial charge in [0.2, 0.25) is 0 Å². The van der Waals surface area contributed by atoms with Gasteiger partial charge in [0.15, 0.2) is 11.6 Å². The Kier molecular flexibility index (Phi) is 8.47. The molecule has 1 aliphatic carbocycles. The molecule has 0 fully saturated rings. The summed E-state index contributed by atoms with van der Waals surface area (Å²) >= 11 is 0. The summed E-state index contributed by atoms with van der Waals surface area (Å²) in [5.41, 5.74) is 6.78. The van der Waals surface area contributed by atoms with Gasteiger partial charge in [-0.15, -0.1) is 6.58 Å². The van der Waals surface area contributed by atoms with Crippen LogP contribution < -0.4 is 0 Å². The molecule has 0 saturated heterocycles. The molecule has 4 rings (SSSR count). The lowest BCUT2D eigenvalue weighted by molar-refractivity contribution is 0.499. The largest absolute Gasteiger partial charge is 0.203 e. The predicted octanol–water partition coefficient (Wildman–Crippen LogP) is 9.75. The average Bonchev–Trinajstić information content (AvgIpc) is 2.90. The topological polar surface area (TPSA) is 0 Å². The van der Waals surface area contributed by atoms with E-state index in [-0.39, 0.29) is 0 Å². The lowest BCUT2D eigenvalue weighted by atomic mass is 9.82. The number of hydrogen-bond acceptors (Lipinski definition) is 0. The van der Waals surface area contributed by atoms with Gasteiger partial charge in [0, 0.05) is 5.56 Å². The van der Waals surface area contributed by atoms with Crippen LogP contribution in [0, 0.1) is 18.6 Å². The van der Waals surface area contributed by atoms with Crippen molar-refractivity contribution in [3.63, 3.8) is 0 Å². The predicted molar refractivity (Wildman–Crippen MR) is 144 cm³/mol. The lowest BCUT2D eigenvalue weighted by Crippen LogP contribution is -2.06. The maximum atomic E-state index is 14.4. The van der Waals surface area contributed by atoms with Crippen molar-refractivity contribution in [2.24, 2.45) is 0 Å². The van der Waals surface area contributed by atoms with E-state index in [1.165, 1.54) is 22.3 Å². The molecule has 3 aromatic carbocycles. The highest BCUT2D eigenvalue weighted by atomic mass is 19.2. The third-order valence-electron chi connectivity index (χ3n) is 7.01. The molecule has 0 nitrogen and oxygen atoms in total. The molecule has 1 atom stereocenters. The quantitative estimate of drug-likeness (QED) is 0.216. The highest BCUT2D eigenvalue weighted by molar-refractivity contribution is 5.68. The van der Waals surface area contributed by atoms with Gasteiger partial charge in [0.25, 0.3) is 0 Å². The minimum absolute atomic E-state index is 0.349. The summed E-state index contributed by atoms with van der Waals surface area (Å²) in [4.78, 5) is 0. The van der Waals surface area contributed by atoms with Crippen molar-refractivity contribution in [2.75, 3.05) is 0 Å². The second kappa shape index (κ2) is 11.9. The molecular weight excluding hydrogens is 434 g/mol. The van der Waals surface area contributed by atoms with Gasteiger partial charge < -0.3 is 0 Å². The van der Waals surface area contributed by atoms with Crippen LogP contribution in [0.5, 0.6) is 0 Å². The van der Waals surface area contributed by atoms with E-state index < -0.39 is 11.6 Å². The highest BCUT2D eigenvalue weighted by Crippen LogP contribution is 2.37. The van der Waals surface area contributed by atoms with E-state index in [9.17, 15) is 8.78 Å². The van der Waals surface area contributed by atoms with E-state index in [2.05, 4.69) is 73.3 Å². The molecule has 0 aromatic heterocycles. The molecule has 2 heteroatoms. The lowest BCUT2D eigenvalue weighted by Gasteiger charge is -2.23. The Morgan fingerprint density at radius 2 is 1.51 bits per heavy atom. The van der Waals surface area contributed by atoms with E-state index >= 15 is 0 Å². The van der Waals surface area contributed by atoms with E-state index in [1.54, 1.807) is 19.1 Å². The second-order valence-corrected chi connectivity index (χ2v) is 9.45. The van der Waals surface area contributed by atoms with Crippen molar-refractivity contribution in [2.45, 2.75) is 57.8 Å². The SMILES string of the molecule is C=CCC/C=C/CCc1ccc(-c2ccc(C3CC=C(c4ccc(C)c(F)c4F)CC3)cc2)cc1. The molecule has 1 unspecified atom stereocenters.